The van der Waals surface area contributed by atoms with Gasteiger partial charge in [0.15, 0.2) is 5.96 Å². The minimum absolute atomic E-state index is 0.0945. The summed E-state index contributed by atoms with van der Waals surface area (Å²) in [5.74, 6) is 0.666. The Kier molecular flexibility index (Phi) is 7.43. The minimum atomic E-state index is 0.0945. The molecule has 0 amide bonds. The third-order valence-electron chi connectivity index (χ3n) is 2.20. The zero-order chi connectivity index (χ0) is 15.0. The summed E-state index contributed by atoms with van der Waals surface area (Å²) in [6.07, 6.45) is 1.47. The van der Waals surface area contributed by atoms with Crippen LogP contribution in [0.3, 0.4) is 0 Å². The van der Waals surface area contributed by atoms with E-state index in [1.165, 1.54) is 6.20 Å². The molecule has 0 aromatic carbocycles. The number of rotatable bonds is 7. The molecular formula is C12H18Cl2N4O2. The van der Waals surface area contributed by atoms with Crippen molar-refractivity contribution in [2.24, 2.45) is 10.7 Å². The molecule has 1 aromatic rings. The lowest BCUT2D eigenvalue weighted by molar-refractivity contribution is 0.179. The van der Waals surface area contributed by atoms with Gasteiger partial charge in [-0.15, -0.1) is 0 Å². The van der Waals surface area contributed by atoms with Gasteiger partial charge >= 0.3 is 0 Å². The van der Waals surface area contributed by atoms with Crippen molar-refractivity contribution in [1.29, 1.82) is 0 Å². The highest BCUT2D eigenvalue weighted by Gasteiger charge is 2.04. The molecule has 8 heteroatoms. The normalized spacial score (nSPS) is 13.1. The Labute approximate surface area is 128 Å². The Morgan fingerprint density at radius 3 is 2.95 bits per heavy atom. The summed E-state index contributed by atoms with van der Waals surface area (Å²) in [5.41, 5.74) is 5.70. The van der Waals surface area contributed by atoms with E-state index in [9.17, 15) is 0 Å². The molecule has 1 atom stereocenters. The number of pyridine rings is 1. The Bertz CT molecular complexity index is 457. The number of hydrogen-bond acceptors (Lipinski definition) is 4. The summed E-state index contributed by atoms with van der Waals surface area (Å²) in [6.45, 7) is 3.20. The van der Waals surface area contributed by atoms with E-state index in [0.29, 0.717) is 41.6 Å². The van der Waals surface area contributed by atoms with E-state index < -0.39 is 0 Å². The van der Waals surface area contributed by atoms with E-state index in [0.717, 1.165) is 0 Å². The minimum Gasteiger partial charge on any atom is -0.475 e. The van der Waals surface area contributed by atoms with E-state index in [4.69, 9.17) is 38.4 Å². The predicted molar refractivity (Wildman–Crippen MR) is 80.7 cm³/mol. The van der Waals surface area contributed by atoms with Crippen molar-refractivity contribution in [3.63, 3.8) is 0 Å². The average Bonchev–Trinajstić information content (AvgIpc) is 2.36. The van der Waals surface area contributed by atoms with Gasteiger partial charge in [-0.1, -0.05) is 23.2 Å². The second kappa shape index (κ2) is 8.84. The fraction of sp³-hybridized carbons (Fsp3) is 0.500. The number of ether oxygens (including phenoxy) is 2. The Hall–Kier alpha value is -1.24. The SMILES string of the molecule is COCC(C)NC(N)=NCCOc1ncc(Cl)cc1Cl. The van der Waals surface area contributed by atoms with E-state index in [1.807, 2.05) is 6.92 Å². The molecule has 1 rings (SSSR count). The summed E-state index contributed by atoms with van der Waals surface area (Å²) < 4.78 is 10.4. The van der Waals surface area contributed by atoms with Crippen LogP contribution in [0.2, 0.25) is 10.0 Å². The molecule has 0 spiro atoms. The first kappa shape index (κ1) is 16.8. The van der Waals surface area contributed by atoms with Gasteiger partial charge in [-0.2, -0.15) is 0 Å². The van der Waals surface area contributed by atoms with Crippen LogP contribution < -0.4 is 15.8 Å². The van der Waals surface area contributed by atoms with E-state index in [2.05, 4.69) is 15.3 Å². The number of hydrogen-bond donors (Lipinski definition) is 2. The Morgan fingerprint density at radius 1 is 1.55 bits per heavy atom. The molecule has 6 nitrogen and oxygen atoms in total. The predicted octanol–water partition coefficient (Wildman–Crippen LogP) is 1.71. The fourth-order valence-corrected chi connectivity index (χ4v) is 1.84. The summed E-state index contributed by atoms with van der Waals surface area (Å²) in [6, 6.07) is 1.66. The van der Waals surface area contributed by atoms with Crippen LogP contribution >= 0.6 is 23.2 Å². The van der Waals surface area contributed by atoms with Gasteiger partial charge in [-0.3, -0.25) is 0 Å². The third kappa shape index (κ3) is 6.27. The largest absolute Gasteiger partial charge is 0.475 e. The molecule has 0 aliphatic rings. The monoisotopic (exact) mass is 320 g/mol. The quantitative estimate of drug-likeness (QED) is 0.454. The van der Waals surface area contributed by atoms with Crippen molar-refractivity contribution in [1.82, 2.24) is 10.3 Å². The molecule has 1 aromatic heterocycles. The fourth-order valence-electron chi connectivity index (χ4n) is 1.41. The summed E-state index contributed by atoms with van der Waals surface area (Å²) in [5, 5.41) is 3.81. The zero-order valence-corrected chi connectivity index (χ0v) is 12.9. The second-order valence-corrected chi connectivity index (χ2v) is 4.90. The van der Waals surface area contributed by atoms with Crippen LogP contribution in [-0.2, 0) is 4.74 Å². The van der Waals surface area contributed by atoms with Gasteiger partial charge in [-0.25, -0.2) is 9.98 Å². The molecule has 112 valence electrons. The maximum absolute atomic E-state index is 5.92. The van der Waals surface area contributed by atoms with E-state index >= 15 is 0 Å². The van der Waals surface area contributed by atoms with Gasteiger partial charge in [-0.05, 0) is 13.0 Å². The maximum Gasteiger partial charge on any atom is 0.232 e. The lowest BCUT2D eigenvalue weighted by Crippen LogP contribution is -2.40. The van der Waals surface area contributed by atoms with Gasteiger partial charge in [0, 0.05) is 19.3 Å². The number of guanidine groups is 1. The topological polar surface area (TPSA) is 81.8 Å². The van der Waals surface area contributed by atoms with Crippen molar-refractivity contribution in [3.05, 3.63) is 22.3 Å². The van der Waals surface area contributed by atoms with Crippen LogP contribution in [0.5, 0.6) is 5.88 Å². The van der Waals surface area contributed by atoms with Gasteiger partial charge in [0.05, 0.1) is 18.2 Å². The standard InChI is InChI=1S/C12H18Cl2N4O2/c1-8(7-19-2)18-12(15)16-3-4-20-11-10(14)5-9(13)6-17-11/h5-6,8H,3-4,7H2,1-2H3,(H3,15,16,18). The molecule has 1 unspecified atom stereocenters. The number of methoxy groups -OCH3 is 1. The Balaban J connectivity index is 2.33. The molecule has 1 heterocycles. The first-order valence-electron chi connectivity index (χ1n) is 6.02. The van der Waals surface area contributed by atoms with Crippen molar-refractivity contribution in [2.45, 2.75) is 13.0 Å². The van der Waals surface area contributed by atoms with Crippen molar-refractivity contribution in [2.75, 3.05) is 26.9 Å². The number of aliphatic imine (C=N–C) groups is 1. The van der Waals surface area contributed by atoms with Crippen LogP contribution in [0.4, 0.5) is 0 Å². The molecule has 0 saturated heterocycles. The molecule has 3 N–H and O–H groups in total. The lowest BCUT2D eigenvalue weighted by atomic mass is 10.4. The lowest BCUT2D eigenvalue weighted by Gasteiger charge is -2.13. The number of aromatic nitrogens is 1. The van der Waals surface area contributed by atoms with Gasteiger partial charge in [0.25, 0.3) is 0 Å². The second-order valence-electron chi connectivity index (χ2n) is 4.06. The first-order chi connectivity index (χ1) is 9.52. The van der Waals surface area contributed by atoms with E-state index in [1.54, 1.807) is 13.2 Å². The molecule has 0 fully saturated rings. The van der Waals surface area contributed by atoms with Gasteiger partial charge < -0.3 is 20.5 Å². The van der Waals surface area contributed by atoms with Crippen molar-refractivity contribution in [3.8, 4) is 5.88 Å². The van der Waals surface area contributed by atoms with Gasteiger partial charge in [0.2, 0.25) is 5.88 Å². The molecule has 20 heavy (non-hydrogen) atoms. The number of nitrogens with zero attached hydrogens (tertiary/aromatic N) is 2. The molecule has 0 aliphatic heterocycles. The maximum atomic E-state index is 5.92. The zero-order valence-electron chi connectivity index (χ0n) is 11.4. The summed E-state index contributed by atoms with van der Waals surface area (Å²) >= 11 is 11.7. The highest BCUT2D eigenvalue weighted by molar-refractivity contribution is 6.35. The number of nitrogens with one attached hydrogen (secondary N) is 1. The van der Waals surface area contributed by atoms with Crippen molar-refractivity contribution >= 4 is 29.2 Å². The van der Waals surface area contributed by atoms with Crippen molar-refractivity contribution < 1.29 is 9.47 Å². The molecule has 0 aliphatic carbocycles. The molecular weight excluding hydrogens is 303 g/mol. The highest BCUT2D eigenvalue weighted by Crippen LogP contribution is 2.24. The number of nitrogens with two attached hydrogens (primary N) is 1. The van der Waals surface area contributed by atoms with Crippen LogP contribution in [0.1, 0.15) is 6.92 Å². The summed E-state index contributed by atoms with van der Waals surface area (Å²) in [4.78, 5) is 8.08. The molecule has 0 saturated carbocycles. The van der Waals surface area contributed by atoms with E-state index in [-0.39, 0.29) is 6.04 Å². The molecule has 0 radical (unpaired) electrons. The van der Waals surface area contributed by atoms with Crippen LogP contribution in [0.15, 0.2) is 17.3 Å². The average molecular weight is 321 g/mol. The molecule has 0 bridgehead atoms. The summed E-state index contributed by atoms with van der Waals surface area (Å²) in [7, 11) is 1.63. The Morgan fingerprint density at radius 2 is 2.30 bits per heavy atom. The van der Waals surface area contributed by atoms with Gasteiger partial charge in [0.1, 0.15) is 11.6 Å². The van der Waals surface area contributed by atoms with Crippen LogP contribution in [0, 0.1) is 0 Å². The first-order valence-corrected chi connectivity index (χ1v) is 6.77. The number of halogens is 2. The van der Waals surface area contributed by atoms with Crippen LogP contribution in [-0.4, -0.2) is 43.9 Å². The third-order valence-corrected chi connectivity index (χ3v) is 2.67. The smallest absolute Gasteiger partial charge is 0.232 e. The van der Waals surface area contributed by atoms with Crippen LogP contribution in [0.25, 0.3) is 0 Å². The highest BCUT2D eigenvalue weighted by atomic mass is 35.5.